The van der Waals surface area contributed by atoms with Crippen LogP contribution in [0.5, 0.6) is 0 Å². The number of hydrogen-bond acceptors (Lipinski definition) is 3. The summed E-state index contributed by atoms with van der Waals surface area (Å²) in [6.45, 7) is 6.20. The molecule has 1 saturated heterocycles. The summed E-state index contributed by atoms with van der Waals surface area (Å²) in [6.07, 6.45) is 4.95. The zero-order valence-electron chi connectivity index (χ0n) is 14.6. The van der Waals surface area contributed by atoms with Crippen molar-refractivity contribution < 1.29 is 9.53 Å². The van der Waals surface area contributed by atoms with Crippen molar-refractivity contribution in [2.75, 3.05) is 13.7 Å². The molecule has 0 bridgehead atoms. The van der Waals surface area contributed by atoms with E-state index in [1.807, 2.05) is 24.3 Å². The highest BCUT2D eigenvalue weighted by molar-refractivity contribution is 5.93. The van der Waals surface area contributed by atoms with Gasteiger partial charge in [0.25, 0.3) is 5.91 Å². The highest BCUT2D eigenvalue weighted by Gasteiger charge is 2.27. The highest BCUT2D eigenvalue weighted by atomic mass is 16.5. The molecule has 2 rings (SSSR count). The molecule has 0 radical (unpaired) electrons. The number of nitrogens with one attached hydrogen (secondary N) is 2. The van der Waals surface area contributed by atoms with E-state index in [1.54, 1.807) is 7.05 Å². The van der Waals surface area contributed by atoms with Crippen LogP contribution in [0.25, 0.3) is 0 Å². The minimum Gasteiger partial charge on any atom is -0.378 e. The largest absolute Gasteiger partial charge is 0.378 e. The van der Waals surface area contributed by atoms with Crippen LogP contribution in [0, 0.1) is 5.92 Å². The van der Waals surface area contributed by atoms with E-state index in [0.717, 1.165) is 26.0 Å². The van der Waals surface area contributed by atoms with Gasteiger partial charge in [-0.2, -0.15) is 0 Å². The summed E-state index contributed by atoms with van der Waals surface area (Å²) < 4.78 is 5.97. The quantitative estimate of drug-likeness (QED) is 0.812. The van der Waals surface area contributed by atoms with Gasteiger partial charge in [0.1, 0.15) is 0 Å². The van der Waals surface area contributed by atoms with Gasteiger partial charge in [-0.1, -0.05) is 38.8 Å². The summed E-state index contributed by atoms with van der Waals surface area (Å²) in [6, 6.07) is 8.33. The maximum absolute atomic E-state index is 11.5. The lowest BCUT2D eigenvalue weighted by atomic mass is 9.89. The van der Waals surface area contributed by atoms with Crippen LogP contribution in [-0.4, -0.2) is 31.7 Å². The third-order valence-corrected chi connectivity index (χ3v) is 4.93. The molecule has 1 aromatic carbocycles. The van der Waals surface area contributed by atoms with Gasteiger partial charge < -0.3 is 15.4 Å². The Hall–Kier alpha value is -1.39. The van der Waals surface area contributed by atoms with Crippen LogP contribution in [0.3, 0.4) is 0 Å². The zero-order chi connectivity index (χ0) is 16.7. The Morgan fingerprint density at radius 1 is 1.26 bits per heavy atom. The topological polar surface area (TPSA) is 50.4 Å². The van der Waals surface area contributed by atoms with Gasteiger partial charge in [-0.3, -0.25) is 4.79 Å². The molecule has 0 aliphatic carbocycles. The molecule has 23 heavy (non-hydrogen) atoms. The van der Waals surface area contributed by atoms with Gasteiger partial charge in [0, 0.05) is 31.8 Å². The summed E-state index contributed by atoms with van der Waals surface area (Å²) in [5, 5.41) is 6.30. The third kappa shape index (κ3) is 5.05. The fourth-order valence-corrected chi connectivity index (χ4v) is 3.34. The summed E-state index contributed by atoms with van der Waals surface area (Å²) in [4.78, 5) is 11.5. The van der Waals surface area contributed by atoms with Gasteiger partial charge in [0.15, 0.2) is 0 Å². The molecule has 0 unspecified atom stereocenters. The van der Waals surface area contributed by atoms with Crippen molar-refractivity contribution >= 4 is 5.91 Å². The van der Waals surface area contributed by atoms with Crippen LogP contribution in [0.4, 0.5) is 0 Å². The van der Waals surface area contributed by atoms with Crippen molar-refractivity contribution in [1.82, 2.24) is 10.6 Å². The van der Waals surface area contributed by atoms with Gasteiger partial charge in [-0.15, -0.1) is 0 Å². The summed E-state index contributed by atoms with van der Waals surface area (Å²) in [5.41, 5.74) is 1.92. The first-order chi connectivity index (χ1) is 11.2. The molecule has 0 aromatic heterocycles. The second kappa shape index (κ2) is 9.04. The van der Waals surface area contributed by atoms with E-state index < -0.39 is 0 Å². The molecule has 0 spiro atoms. The summed E-state index contributed by atoms with van der Waals surface area (Å²) in [7, 11) is 1.65. The van der Waals surface area contributed by atoms with Crippen molar-refractivity contribution in [3.8, 4) is 0 Å². The number of rotatable bonds is 7. The Labute approximate surface area is 140 Å². The fraction of sp³-hybridized carbons (Fsp3) is 0.632. The first-order valence-electron chi connectivity index (χ1n) is 8.83. The van der Waals surface area contributed by atoms with Crippen molar-refractivity contribution in [3.63, 3.8) is 0 Å². The van der Waals surface area contributed by atoms with Gasteiger partial charge in [-0.25, -0.2) is 0 Å². The molecule has 2 N–H and O–H groups in total. The monoisotopic (exact) mass is 318 g/mol. The molecule has 1 aromatic rings. The van der Waals surface area contributed by atoms with E-state index in [4.69, 9.17) is 4.74 Å². The molecule has 1 aliphatic heterocycles. The molecule has 2 atom stereocenters. The van der Waals surface area contributed by atoms with Gasteiger partial charge >= 0.3 is 0 Å². The Bertz CT molecular complexity index is 483. The number of carbonyl (C=O) groups excluding carboxylic acids is 1. The number of hydrogen-bond donors (Lipinski definition) is 2. The zero-order valence-corrected chi connectivity index (χ0v) is 14.6. The molecule has 1 aliphatic rings. The molecule has 128 valence electrons. The predicted octanol–water partition coefficient (Wildman–Crippen LogP) is 3.12. The maximum Gasteiger partial charge on any atom is 0.251 e. The van der Waals surface area contributed by atoms with E-state index in [9.17, 15) is 4.79 Å². The van der Waals surface area contributed by atoms with Crippen molar-refractivity contribution in [2.24, 2.45) is 5.92 Å². The third-order valence-electron chi connectivity index (χ3n) is 4.93. The molecule has 1 fully saturated rings. The van der Waals surface area contributed by atoms with Gasteiger partial charge in [-0.05, 0) is 36.5 Å². The van der Waals surface area contributed by atoms with Crippen LogP contribution in [0.2, 0.25) is 0 Å². The van der Waals surface area contributed by atoms with Crippen molar-refractivity contribution in [1.29, 1.82) is 0 Å². The van der Waals surface area contributed by atoms with Gasteiger partial charge in [0.05, 0.1) is 6.10 Å². The second-order valence-corrected chi connectivity index (χ2v) is 6.36. The number of carbonyl (C=O) groups is 1. The Kier molecular flexibility index (Phi) is 7.06. The average molecular weight is 318 g/mol. The van der Waals surface area contributed by atoms with E-state index in [2.05, 4.69) is 24.5 Å². The van der Waals surface area contributed by atoms with Crippen LogP contribution in [0.1, 0.15) is 55.5 Å². The average Bonchev–Trinajstić information content (AvgIpc) is 2.61. The fourth-order valence-electron chi connectivity index (χ4n) is 3.34. The van der Waals surface area contributed by atoms with E-state index in [0.29, 0.717) is 23.6 Å². The lowest BCUT2D eigenvalue weighted by Crippen LogP contribution is -2.41. The standard InChI is InChI=1S/C19H30N2O2/c1-4-15(5-2)18-12-17(10-11-23-18)21-13-14-6-8-16(9-7-14)19(22)20-3/h6-9,15,17-18,21H,4-5,10-13H2,1-3H3,(H,20,22)/t17-,18-/m1/s1. The predicted molar refractivity (Wildman–Crippen MR) is 93.5 cm³/mol. The minimum atomic E-state index is -0.0399. The summed E-state index contributed by atoms with van der Waals surface area (Å²) >= 11 is 0. The van der Waals surface area contributed by atoms with Crippen LogP contribution in [0.15, 0.2) is 24.3 Å². The Balaban J connectivity index is 1.84. The van der Waals surface area contributed by atoms with E-state index in [-0.39, 0.29) is 5.91 Å². The molecule has 0 saturated carbocycles. The number of ether oxygens (including phenoxy) is 1. The second-order valence-electron chi connectivity index (χ2n) is 6.36. The first-order valence-corrected chi connectivity index (χ1v) is 8.83. The van der Waals surface area contributed by atoms with E-state index in [1.165, 1.54) is 18.4 Å². The lowest BCUT2D eigenvalue weighted by Gasteiger charge is -2.34. The lowest BCUT2D eigenvalue weighted by molar-refractivity contribution is -0.0350. The van der Waals surface area contributed by atoms with Crippen LogP contribution in [-0.2, 0) is 11.3 Å². The molecule has 4 heteroatoms. The van der Waals surface area contributed by atoms with Crippen LogP contribution >= 0.6 is 0 Å². The Morgan fingerprint density at radius 2 is 1.96 bits per heavy atom. The SMILES string of the molecule is CCC(CC)[C@H]1C[C@H](NCc2ccc(C(=O)NC)cc2)CCO1. The molecule has 4 nitrogen and oxygen atoms in total. The van der Waals surface area contributed by atoms with Crippen molar-refractivity contribution in [3.05, 3.63) is 35.4 Å². The van der Waals surface area contributed by atoms with E-state index >= 15 is 0 Å². The van der Waals surface area contributed by atoms with Crippen molar-refractivity contribution in [2.45, 2.75) is 58.2 Å². The maximum atomic E-state index is 11.5. The molecular formula is C19H30N2O2. The minimum absolute atomic E-state index is 0.0399. The highest BCUT2D eigenvalue weighted by Crippen LogP contribution is 2.25. The Morgan fingerprint density at radius 3 is 2.57 bits per heavy atom. The molecule has 1 amide bonds. The molecule has 1 heterocycles. The van der Waals surface area contributed by atoms with Gasteiger partial charge in [0.2, 0.25) is 0 Å². The first kappa shape index (κ1) is 18.0. The number of benzene rings is 1. The molecular weight excluding hydrogens is 288 g/mol. The number of amides is 1. The summed E-state index contributed by atoms with van der Waals surface area (Å²) in [5.74, 6) is 0.633. The van der Waals surface area contributed by atoms with Crippen LogP contribution < -0.4 is 10.6 Å². The smallest absolute Gasteiger partial charge is 0.251 e. The normalized spacial score (nSPS) is 21.4.